The standard InChI is InChI=1S/C10H15NO.ClH/c1-8-4-3-5-9(6-8)10(7-11)12-2;/h3-6,10H,7,11H2,1-2H3;1H. The van der Waals surface area contributed by atoms with Crippen LogP contribution in [0.5, 0.6) is 0 Å². The Labute approximate surface area is 85.5 Å². The van der Waals surface area contributed by atoms with Gasteiger partial charge in [-0.3, -0.25) is 0 Å². The molecule has 0 amide bonds. The number of hydrogen-bond acceptors (Lipinski definition) is 2. The second kappa shape index (κ2) is 5.97. The molecule has 0 heterocycles. The van der Waals surface area contributed by atoms with Gasteiger partial charge in [-0.2, -0.15) is 0 Å². The highest BCUT2D eigenvalue weighted by Crippen LogP contribution is 2.15. The maximum atomic E-state index is 5.54. The van der Waals surface area contributed by atoms with E-state index in [-0.39, 0.29) is 18.5 Å². The van der Waals surface area contributed by atoms with Gasteiger partial charge in [-0.15, -0.1) is 12.4 Å². The van der Waals surface area contributed by atoms with Crippen molar-refractivity contribution in [3.63, 3.8) is 0 Å². The van der Waals surface area contributed by atoms with Crippen LogP contribution in [0.1, 0.15) is 17.2 Å². The molecule has 0 aliphatic carbocycles. The molecule has 74 valence electrons. The number of hydrogen-bond donors (Lipinski definition) is 1. The summed E-state index contributed by atoms with van der Waals surface area (Å²) in [6, 6.07) is 8.22. The average molecular weight is 202 g/mol. The first-order valence-electron chi connectivity index (χ1n) is 4.07. The highest BCUT2D eigenvalue weighted by atomic mass is 35.5. The third kappa shape index (κ3) is 3.35. The van der Waals surface area contributed by atoms with Crippen LogP contribution >= 0.6 is 12.4 Å². The zero-order chi connectivity index (χ0) is 8.97. The Morgan fingerprint density at radius 1 is 1.46 bits per heavy atom. The molecule has 1 atom stereocenters. The van der Waals surface area contributed by atoms with Crippen LogP contribution in [0.4, 0.5) is 0 Å². The molecule has 1 aromatic rings. The molecule has 0 saturated carbocycles. The smallest absolute Gasteiger partial charge is 0.0943 e. The van der Waals surface area contributed by atoms with E-state index >= 15 is 0 Å². The third-order valence-electron chi connectivity index (χ3n) is 1.91. The van der Waals surface area contributed by atoms with E-state index in [9.17, 15) is 0 Å². The van der Waals surface area contributed by atoms with Gasteiger partial charge >= 0.3 is 0 Å². The van der Waals surface area contributed by atoms with Crippen molar-refractivity contribution >= 4 is 12.4 Å². The fraction of sp³-hybridized carbons (Fsp3) is 0.400. The van der Waals surface area contributed by atoms with Crippen LogP contribution in [0, 0.1) is 6.92 Å². The quantitative estimate of drug-likeness (QED) is 0.813. The number of ether oxygens (including phenoxy) is 1. The van der Waals surface area contributed by atoms with Crippen molar-refractivity contribution in [1.29, 1.82) is 0 Å². The molecule has 1 rings (SSSR count). The zero-order valence-electron chi connectivity index (χ0n) is 7.99. The Bertz CT molecular complexity index is 248. The Hall–Kier alpha value is -0.570. The Morgan fingerprint density at radius 2 is 2.15 bits per heavy atom. The molecule has 3 heteroatoms. The molecule has 2 N–H and O–H groups in total. The lowest BCUT2D eigenvalue weighted by Gasteiger charge is -2.13. The molecule has 0 spiro atoms. The summed E-state index contributed by atoms with van der Waals surface area (Å²) < 4.78 is 5.22. The van der Waals surface area contributed by atoms with Crippen molar-refractivity contribution in [2.45, 2.75) is 13.0 Å². The fourth-order valence-corrected chi connectivity index (χ4v) is 1.24. The lowest BCUT2D eigenvalue weighted by Crippen LogP contribution is -2.14. The summed E-state index contributed by atoms with van der Waals surface area (Å²) in [5, 5.41) is 0. The maximum absolute atomic E-state index is 5.54. The van der Waals surface area contributed by atoms with Crippen molar-refractivity contribution in [2.24, 2.45) is 5.73 Å². The molecule has 0 aliphatic heterocycles. The van der Waals surface area contributed by atoms with Crippen LogP contribution in [-0.4, -0.2) is 13.7 Å². The molecule has 0 saturated heterocycles. The lowest BCUT2D eigenvalue weighted by molar-refractivity contribution is 0.110. The Morgan fingerprint density at radius 3 is 2.62 bits per heavy atom. The largest absolute Gasteiger partial charge is 0.375 e. The van der Waals surface area contributed by atoms with E-state index in [1.807, 2.05) is 12.1 Å². The van der Waals surface area contributed by atoms with E-state index in [0.29, 0.717) is 6.54 Å². The van der Waals surface area contributed by atoms with Gasteiger partial charge in [0.2, 0.25) is 0 Å². The molecule has 0 bridgehead atoms. The highest BCUT2D eigenvalue weighted by molar-refractivity contribution is 5.85. The van der Waals surface area contributed by atoms with Gasteiger partial charge in [0, 0.05) is 13.7 Å². The Kier molecular flexibility index (Phi) is 5.71. The van der Waals surface area contributed by atoms with Crippen LogP contribution in [-0.2, 0) is 4.74 Å². The maximum Gasteiger partial charge on any atom is 0.0943 e. The molecule has 1 unspecified atom stereocenters. The molecule has 13 heavy (non-hydrogen) atoms. The molecule has 0 aromatic heterocycles. The van der Waals surface area contributed by atoms with Crippen molar-refractivity contribution in [1.82, 2.24) is 0 Å². The van der Waals surface area contributed by atoms with Gasteiger partial charge in [-0.05, 0) is 12.5 Å². The summed E-state index contributed by atoms with van der Waals surface area (Å²) >= 11 is 0. The highest BCUT2D eigenvalue weighted by Gasteiger charge is 2.06. The molecule has 2 nitrogen and oxygen atoms in total. The first-order chi connectivity index (χ1) is 5.77. The topological polar surface area (TPSA) is 35.2 Å². The predicted molar refractivity (Wildman–Crippen MR) is 57.2 cm³/mol. The van der Waals surface area contributed by atoms with Crippen molar-refractivity contribution in [2.75, 3.05) is 13.7 Å². The van der Waals surface area contributed by atoms with Gasteiger partial charge in [0.1, 0.15) is 0 Å². The average Bonchev–Trinajstić information content (AvgIpc) is 2.07. The van der Waals surface area contributed by atoms with Gasteiger partial charge < -0.3 is 10.5 Å². The number of halogens is 1. The fourth-order valence-electron chi connectivity index (χ4n) is 1.24. The second-order valence-corrected chi connectivity index (χ2v) is 2.87. The predicted octanol–water partition coefficient (Wildman–Crippen LogP) is 2.06. The Balaban J connectivity index is 0.00000144. The van der Waals surface area contributed by atoms with Crippen molar-refractivity contribution in [3.8, 4) is 0 Å². The van der Waals surface area contributed by atoms with Crippen LogP contribution in [0.15, 0.2) is 24.3 Å². The zero-order valence-corrected chi connectivity index (χ0v) is 8.80. The van der Waals surface area contributed by atoms with Gasteiger partial charge in [0.05, 0.1) is 6.10 Å². The van der Waals surface area contributed by atoms with Crippen molar-refractivity contribution in [3.05, 3.63) is 35.4 Å². The summed E-state index contributed by atoms with van der Waals surface area (Å²) in [6.45, 7) is 2.59. The van der Waals surface area contributed by atoms with Crippen LogP contribution in [0.3, 0.4) is 0 Å². The summed E-state index contributed by atoms with van der Waals surface area (Å²) in [5.41, 5.74) is 7.93. The minimum Gasteiger partial charge on any atom is -0.375 e. The minimum absolute atomic E-state index is 0. The number of benzene rings is 1. The van der Waals surface area contributed by atoms with Crippen LogP contribution < -0.4 is 5.73 Å². The molecule has 1 aromatic carbocycles. The summed E-state index contributed by atoms with van der Waals surface area (Å²) in [7, 11) is 1.68. The van der Waals surface area contributed by atoms with Crippen LogP contribution in [0.25, 0.3) is 0 Å². The number of rotatable bonds is 3. The number of methoxy groups -OCH3 is 1. The third-order valence-corrected chi connectivity index (χ3v) is 1.91. The monoisotopic (exact) mass is 201 g/mol. The minimum atomic E-state index is 0. The first-order valence-corrected chi connectivity index (χ1v) is 4.07. The van der Waals surface area contributed by atoms with E-state index in [1.54, 1.807) is 7.11 Å². The van der Waals surface area contributed by atoms with Crippen LogP contribution in [0.2, 0.25) is 0 Å². The van der Waals surface area contributed by atoms with Crippen molar-refractivity contribution < 1.29 is 4.74 Å². The normalized spacial score (nSPS) is 11.9. The van der Waals surface area contributed by atoms with E-state index in [0.717, 1.165) is 5.56 Å². The number of nitrogens with two attached hydrogens (primary N) is 1. The van der Waals surface area contributed by atoms with Gasteiger partial charge in [-0.1, -0.05) is 29.8 Å². The van der Waals surface area contributed by atoms with E-state index in [1.165, 1.54) is 5.56 Å². The van der Waals surface area contributed by atoms with E-state index in [2.05, 4.69) is 19.1 Å². The van der Waals surface area contributed by atoms with Gasteiger partial charge in [-0.25, -0.2) is 0 Å². The molecule has 0 radical (unpaired) electrons. The summed E-state index contributed by atoms with van der Waals surface area (Å²) in [5.74, 6) is 0. The second-order valence-electron chi connectivity index (χ2n) is 2.87. The molecular formula is C10H16ClNO. The van der Waals surface area contributed by atoms with Gasteiger partial charge in [0.15, 0.2) is 0 Å². The summed E-state index contributed by atoms with van der Waals surface area (Å²) in [4.78, 5) is 0. The molecule has 0 aliphatic rings. The molecular weight excluding hydrogens is 186 g/mol. The number of aryl methyl sites for hydroxylation is 1. The first kappa shape index (κ1) is 12.4. The molecule has 0 fully saturated rings. The summed E-state index contributed by atoms with van der Waals surface area (Å²) in [6.07, 6.45) is 0.0323. The van der Waals surface area contributed by atoms with E-state index < -0.39 is 0 Å². The SMILES string of the molecule is COC(CN)c1cccc(C)c1.Cl. The lowest BCUT2D eigenvalue weighted by atomic mass is 10.1. The van der Waals surface area contributed by atoms with E-state index in [4.69, 9.17) is 10.5 Å². The van der Waals surface area contributed by atoms with Gasteiger partial charge in [0.25, 0.3) is 0 Å².